The van der Waals surface area contributed by atoms with Gasteiger partial charge in [-0.25, -0.2) is 4.79 Å². The second kappa shape index (κ2) is 8.96. The van der Waals surface area contributed by atoms with Gasteiger partial charge in [0.1, 0.15) is 10.6 Å². The predicted molar refractivity (Wildman–Crippen MR) is 123 cm³/mol. The fraction of sp³-hybridized carbons (Fsp3) is 0. The molecule has 0 radical (unpaired) electrons. The largest absolute Gasteiger partial charge is 0.377 e. The van der Waals surface area contributed by atoms with Crippen molar-refractivity contribution in [3.63, 3.8) is 0 Å². The highest BCUT2D eigenvalue weighted by Crippen LogP contribution is 2.37. The molecule has 0 N–H and O–H groups in total. The van der Waals surface area contributed by atoms with E-state index in [9.17, 15) is 13.2 Å². The van der Waals surface area contributed by atoms with Crippen molar-refractivity contribution in [3.8, 4) is 5.75 Å². The first kappa shape index (κ1) is 22.4. The molecule has 0 bridgehead atoms. The van der Waals surface area contributed by atoms with E-state index >= 15 is 0 Å². The molecule has 1 aliphatic rings. The molecule has 0 amide bonds. The zero-order chi connectivity index (χ0) is 22.9. The molecule has 3 aromatic rings. The summed E-state index contributed by atoms with van der Waals surface area (Å²) < 4.78 is 30.9. The zero-order valence-corrected chi connectivity index (χ0v) is 19.0. The van der Waals surface area contributed by atoms with Gasteiger partial charge in [-0.3, -0.25) is 0 Å². The highest BCUT2D eigenvalue weighted by Gasteiger charge is 2.28. The Morgan fingerprint density at radius 3 is 2.28 bits per heavy atom. The van der Waals surface area contributed by atoms with E-state index in [0.29, 0.717) is 10.6 Å². The zero-order valence-electron chi connectivity index (χ0n) is 16.0. The van der Waals surface area contributed by atoms with Crippen LogP contribution in [0, 0.1) is 0 Å². The molecule has 32 heavy (non-hydrogen) atoms. The number of nitrogens with zero attached hydrogens (tertiary/aromatic N) is 1. The van der Waals surface area contributed by atoms with Gasteiger partial charge in [0.2, 0.25) is 0 Å². The molecule has 1 aliphatic heterocycles. The number of halogens is 3. The predicted octanol–water partition coefficient (Wildman–Crippen LogP) is 5.76. The lowest BCUT2D eigenvalue weighted by atomic mass is 10.0. The molecular formula is C22H12Cl3NO5S. The number of carbonyl (C=O) groups is 1. The summed E-state index contributed by atoms with van der Waals surface area (Å²) in [6.07, 6.45) is 1.37. The first-order valence-electron chi connectivity index (χ1n) is 9.00. The Morgan fingerprint density at radius 1 is 0.906 bits per heavy atom. The summed E-state index contributed by atoms with van der Waals surface area (Å²) in [7, 11) is -4.26. The van der Waals surface area contributed by atoms with E-state index in [1.165, 1.54) is 42.5 Å². The summed E-state index contributed by atoms with van der Waals surface area (Å²) in [5, 5.41) is 4.35. The SMILES string of the molecule is O=C1ON=C(c2ccccc2)/C1=C/c1cc(Cl)cc(Cl)c1OS(=O)(=O)c1ccc(Cl)cc1. The minimum atomic E-state index is -4.26. The summed E-state index contributed by atoms with van der Waals surface area (Å²) in [6.45, 7) is 0. The first-order valence-corrected chi connectivity index (χ1v) is 11.5. The maximum Gasteiger partial charge on any atom is 0.368 e. The van der Waals surface area contributed by atoms with Crippen molar-refractivity contribution in [3.05, 3.63) is 98.5 Å². The van der Waals surface area contributed by atoms with E-state index in [1.807, 2.05) is 6.07 Å². The monoisotopic (exact) mass is 507 g/mol. The van der Waals surface area contributed by atoms with Gasteiger partial charge in [-0.2, -0.15) is 8.42 Å². The number of benzene rings is 3. The van der Waals surface area contributed by atoms with Crippen LogP contribution in [0.15, 0.2) is 82.4 Å². The Bertz CT molecular complexity index is 1370. The molecule has 0 aliphatic carbocycles. The van der Waals surface area contributed by atoms with Gasteiger partial charge >= 0.3 is 16.1 Å². The molecule has 0 saturated carbocycles. The maximum atomic E-state index is 12.8. The molecule has 3 aromatic carbocycles. The fourth-order valence-corrected chi connectivity index (χ4v) is 4.59. The fourth-order valence-electron chi connectivity index (χ4n) is 2.90. The van der Waals surface area contributed by atoms with E-state index in [-0.39, 0.29) is 37.5 Å². The van der Waals surface area contributed by atoms with E-state index in [0.717, 1.165) is 0 Å². The van der Waals surface area contributed by atoms with Crippen molar-refractivity contribution in [2.75, 3.05) is 0 Å². The van der Waals surface area contributed by atoms with Gasteiger partial charge in [-0.05, 0) is 42.5 Å². The summed E-state index contributed by atoms with van der Waals surface area (Å²) >= 11 is 18.2. The molecule has 0 fully saturated rings. The van der Waals surface area contributed by atoms with Crippen molar-refractivity contribution in [1.82, 2.24) is 0 Å². The molecular weight excluding hydrogens is 497 g/mol. The van der Waals surface area contributed by atoms with Crippen LogP contribution in [-0.2, 0) is 19.8 Å². The van der Waals surface area contributed by atoms with Crippen LogP contribution in [-0.4, -0.2) is 20.1 Å². The second-order valence-corrected chi connectivity index (χ2v) is 9.37. The van der Waals surface area contributed by atoms with Crippen molar-refractivity contribution in [2.45, 2.75) is 4.90 Å². The normalized spacial score (nSPS) is 14.9. The van der Waals surface area contributed by atoms with E-state index < -0.39 is 16.1 Å². The van der Waals surface area contributed by atoms with Gasteiger partial charge < -0.3 is 9.02 Å². The van der Waals surface area contributed by atoms with Gasteiger partial charge in [-0.15, -0.1) is 0 Å². The van der Waals surface area contributed by atoms with E-state index in [4.69, 9.17) is 43.8 Å². The summed E-state index contributed by atoms with van der Waals surface area (Å²) in [4.78, 5) is 17.0. The van der Waals surface area contributed by atoms with Crippen LogP contribution in [0.25, 0.3) is 6.08 Å². The Morgan fingerprint density at radius 2 is 1.59 bits per heavy atom. The Balaban J connectivity index is 1.79. The van der Waals surface area contributed by atoms with Gasteiger partial charge in [0.15, 0.2) is 5.75 Å². The quantitative estimate of drug-likeness (QED) is 0.249. The topological polar surface area (TPSA) is 82.0 Å². The van der Waals surface area contributed by atoms with Crippen molar-refractivity contribution >= 4 is 62.7 Å². The minimum absolute atomic E-state index is 0.0635. The maximum absolute atomic E-state index is 12.8. The molecule has 0 spiro atoms. The Hall–Kier alpha value is -2.84. The van der Waals surface area contributed by atoms with E-state index in [2.05, 4.69) is 5.16 Å². The molecule has 0 unspecified atom stereocenters. The Kier molecular flexibility index (Phi) is 6.26. The number of hydrogen-bond acceptors (Lipinski definition) is 6. The highest BCUT2D eigenvalue weighted by atomic mass is 35.5. The molecule has 0 saturated heterocycles. The summed E-state index contributed by atoms with van der Waals surface area (Å²) in [6, 6.07) is 17.1. The van der Waals surface area contributed by atoms with Crippen LogP contribution < -0.4 is 4.18 Å². The van der Waals surface area contributed by atoms with Crippen LogP contribution in [0.1, 0.15) is 11.1 Å². The molecule has 1 heterocycles. The van der Waals surface area contributed by atoms with Gasteiger partial charge in [-0.1, -0.05) is 70.3 Å². The first-order chi connectivity index (χ1) is 15.2. The summed E-state index contributed by atoms with van der Waals surface area (Å²) in [5.41, 5.74) is 1.15. The molecule has 0 aromatic heterocycles. The van der Waals surface area contributed by atoms with Gasteiger partial charge in [0, 0.05) is 21.2 Å². The highest BCUT2D eigenvalue weighted by molar-refractivity contribution is 7.87. The number of carbonyl (C=O) groups excluding carboxylic acids is 1. The lowest BCUT2D eigenvalue weighted by Crippen LogP contribution is -2.11. The molecule has 4 rings (SSSR count). The average molecular weight is 509 g/mol. The van der Waals surface area contributed by atoms with Crippen molar-refractivity contribution in [1.29, 1.82) is 0 Å². The summed E-state index contributed by atoms with van der Waals surface area (Å²) in [5.74, 6) is -0.919. The van der Waals surface area contributed by atoms with Crippen LogP contribution in [0.2, 0.25) is 15.1 Å². The molecule has 0 atom stereocenters. The number of rotatable bonds is 5. The number of oxime groups is 1. The third kappa shape index (κ3) is 4.66. The van der Waals surface area contributed by atoms with Gasteiger partial charge in [0.25, 0.3) is 0 Å². The van der Waals surface area contributed by atoms with Gasteiger partial charge in [0.05, 0.1) is 10.6 Å². The third-order valence-corrected chi connectivity index (χ3v) is 6.36. The number of hydrogen-bond donors (Lipinski definition) is 0. The lowest BCUT2D eigenvalue weighted by molar-refractivity contribution is -0.136. The van der Waals surface area contributed by atoms with Crippen LogP contribution >= 0.6 is 34.8 Å². The third-order valence-electron chi connectivity index (χ3n) is 4.37. The van der Waals surface area contributed by atoms with Crippen LogP contribution in [0.3, 0.4) is 0 Å². The minimum Gasteiger partial charge on any atom is -0.377 e. The molecule has 10 heteroatoms. The Labute approximate surface area is 198 Å². The average Bonchev–Trinajstić information content (AvgIpc) is 3.12. The van der Waals surface area contributed by atoms with Crippen LogP contribution in [0.5, 0.6) is 5.75 Å². The molecule has 6 nitrogen and oxygen atoms in total. The lowest BCUT2D eigenvalue weighted by Gasteiger charge is -2.12. The smallest absolute Gasteiger partial charge is 0.368 e. The van der Waals surface area contributed by atoms with E-state index in [1.54, 1.807) is 24.3 Å². The van der Waals surface area contributed by atoms with Crippen molar-refractivity contribution in [2.24, 2.45) is 5.16 Å². The van der Waals surface area contributed by atoms with Crippen molar-refractivity contribution < 1.29 is 22.2 Å². The van der Waals surface area contributed by atoms with Crippen LogP contribution in [0.4, 0.5) is 0 Å². The standard InChI is InChI=1S/C22H12Cl3NO5S/c23-15-6-8-17(9-7-15)32(28,29)31-21-14(10-16(24)12-19(21)25)11-18-20(26-30-22(18)27)13-4-2-1-3-5-13/h1-12H/b18-11-. The second-order valence-electron chi connectivity index (χ2n) is 6.54. The molecule has 162 valence electrons.